The Bertz CT molecular complexity index is 3600. The molecule has 0 amide bonds. The van der Waals surface area contributed by atoms with E-state index in [2.05, 4.69) is 30.3 Å². The van der Waals surface area contributed by atoms with Gasteiger partial charge in [0, 0.05) is 63.5 Å². The van der Waals surface area contributed by atoms with Crippen LogP contribution >= 0.6 is 0 Å². The highest BCUT2D eigenvalue weighted by molar-refractivity contribution is 5.89. The predicted octanol–water partition coefficient (Wildman–Crippen LogP) is 16.0. The molecule has 682 valence electrons. The van der Waals surface area contributed by atoms with Gasteiger partial charge in [-0.25, -0.2) is 4.79 Å². The van der Waals surface area contributed by atoms with Crippen molar-refractivity contribution in [1.82, 2.24) is 0 Å². The van der Waals surface area contributed by atoms with Crippen LogP contribution in [0, 0.1) is 0 Å². The van der Waals surface area contributed by atoms with Gasteiger partial charge in [0.25, 0.3) is 0 Å². The van der Waals surface area contributed by atoms with Crippen molar-refractivity contribution in [2.75, 3.05) is 246 Å². The molecule has 0 aliphatic heterocycles. The molecule has 2 atom stereocenters. The Labute approximate surface area is 727 Å². The highest BCUT2D eigenvalue weighted by Gasteiger charge is 2.09. The summed E-state index contributed by atoms with van der Waals surface area (Å²) in [5.41, 5.74) is 8.86. The van der Waals surface area contributed by atoms with Gasteiger partial charge in [-0.2, -0.15) is 0 Å². The van der Waals surface area contributed by atoms with Crippen molar-refractivity contribution in [2.45, 2.75) is 71.6 Å². The van der Waals surface area contributed by atoms with Crippen LogP contribution in [0.4, 0.5) is 0 Å². The summed E-state index contributed by atoms with van der Waals surface area (Å²) in [5, 5.41) is 0. The summed E-state index contributed by atoms with van der Waals surface area (Å²) in [4.78, 5) is 11.4. The van der Waals surface area contributed by atoms with Crippen LogP contribution in [0.1, 0.15) is 75.7 Å². The Morgan fingerprint density at radius 3 is 0.959 bits per heavy atom. The molecule has 2 unspecified atom stereocenters. The Kier molecular flexibility index (Phi) is 72.0. The van der Waals surface area contributed by atoms with Gasteiger partial charge >= 0.3 is 5.97 Å². The van der Waals surface area contributed by atoms with Crippen molar-refractivity contribution < 1.29 is 123 Å². The zero-order valence-electron chi connectivity index (χ0n) is 75.8. The second kappa shape index (κ2) is 79.2. The van der Waals surface area contributed by atoms with Gasteiger partial charge in [-0.3, -0.25) is 0 Å². The number of aryl methyl sites for hydroxylation is 1. The molecule has 0 aliphatic rings. The third-order valence-electron chi connectivity index (χ3n) is 16.8. The molecule has 26 heteroatoms. The Hall–Kier alpha value is -9.01. The first-order chi connectivity index (χ1) is 59.6. The van der Waals surface area contributed by atoms with Crippen molar-refractivity contribution in [3.05, 3.63) is 239 Å². The monoisotopic (exact) mass is 1710 g/mol. The number of benzene rings is 8. The van der Waals surface area contributed by atoms with Crippen LogP contribution in [0.25, 0.3) is 0 Å². The molecular weight excluding hydrogens is 1570 g/mol. The lowest BCUT2D eigenvalue weighted by molar-refractivity contribution is -0.000136. The molecule has 0 aromatic heterocycles. The maximum Gasteiger partial charge on any atom is 0.338 e. The fourth-order valence-electron chi connectivity index (χ4n) is 9.78. The number of carbonyl (C=O) groups is 1. The fourth-order valence-corrected chi connectivity index (χ4v) is 9.78. The molecule has 0 radical (unpaired) electrons. The molecule has 8 aromatic carbocycles. The first kappa shape index (κ1) is 111. The van der Waals surface area contributed by atoms with E-state index < -0.39 is 0 Å². The average molecular weight is 1710 g/mol. The summed E-state index contributed by atoms with van der Waals surface area (Å²) in [7, 11) is 26.5. The molecule has 0 saturated heterocycles. The summed E-state index contributed by atoms with van der Waals surface area (Å²) in [6.45, 7) is 18.3. The summed E-state index contributed by atoms with van der Waals surface area (Å²) in [6.07, 6.45) is 4.12. The molecule has 0 N–H and O–H groups in total. The number of methoxy groups -OCH3 is 16. The van der Waals surface area contributed by atoms with E-state index in [4.69, 9.17) is 118 Å². The van der Waals surface area contributed by atoms with Gasteiger partial charge in [0.15, 0.2) is 0 Å². The molecule has 26 nitrogen and oxygen atoms in total. The first-order valence-corrected chi connectivity index (χ1v) is 40.5. The minimum Gasteiger partial charge on any atom is -0.497 e. The number of ether oxygens (including phenoxy) is 25. The van der Waals surface area contributed by atoms with E-state index >= 15 is 0 Å². The van der Waals surface area contributed by atoms with Crippen LogP contribution in [0.15, 0.2) is 194 Å². The van der Waals surface area contributed by atoms with Crippen molar-refractivity contribution in [3.63, 3.8) is 0 Å². The third kappa shape index (κ3) is 59.7. The molecule has 122 heavy (non-hydrogen) atoms. The summed E-state index contributed by atoms with van der Waals surface area (Å²) < 4.78 is 128. The van der Waals surface area contributed by atoms with Crippen LogP contribution in [0.2, 0.25) is 0 Å². The molecule has 0 heterocycles. The average Bonchev–Trinajstić information content (AvgIpc) is 0.879. The highest BCUT2D eigenvalue weighted by Crippen LogP contribution is 2.22. The van der Waals surface area contributed by atoms with Crippen LogP contribution in [0.5, 0.6) is 46.0 Å². The summed E-state index contributed by atoms with van der Waals surface area (Å²) >= 11 is 0. The lowest BCUT2D eigenvalue weighted by Crippen LogP contribution is -2.14. The third-order valence-corrected chi connectivity index (χ3v) is 16.8. The quantitative estimate of drug-likeness (QED) is 0.0254. The lowest BCUT2D eigenvalue weighted by atomic mass is 10.1. The van der Waals surface area contributed by atoms with Gasteiger partial charge < -0.3 is 118 Å². The molecule has 0 aliphatic carbocycles. The summed E-state index contributed by atoms with van der Waals surface area (Å²) in [5.74, 6) is 6.50. The topological polar surface area (TPSA) is 248 Å². The minimum atomic E-state index is -0.352. The molecular formula is C96H142O26. The second-order valence-corrected chi connectivity index (χ2v) is 25.9. The lowest BCUT2D eigenvalue weighted by Gasteiger charge is -2.13. The zero-order valence-corrected chi connectivity index (χ0v) is 75.8. The van der Waals surface area contributed by atoms with Crippen molar-refractivity contribution in [2.24, 2.45) is 0 Å². The minimum absolute atomic E-state index is 0.0889. The molecule has 0 bridgehead atoms. The smallest absolute Gasteiger partial charge is 0.338 e. The molecule has 8 rings (SSSR count). The highest BCUT2D eigenvalue weighted by atomic mass is 16.6. The predicted molar refractivity (Wildman–Crippen MR) is 476 cm³/mol. The number of rotatable bonds is 54. The van der Waals surface area contributed by atoms with Crippen LogP contribution in [-0.4, -0.2) is 258 Å². The van der Waals surface area contributed by atoms with Crippen LogP contribution in [-0.2, 0) is 120 Å². The fraction of sp³-hybridized carbons (Fsp3) is 0.490. The van der Waals surface area contributed by atoms with E-state index in [0.717, 1.165) is 108 Å². The zero-order chi connectivity index (χ0) is 89.4. The maximum atomic E-state index is 11.4. The van der Waals surface area contributed by atoms with Gasteiger partial charge in [0.2, 0.25) is 0 Å². The Morgan fingerprint density at radius 2 is 0.566 bits per heavy atom. The Balaban J connectivity index is 0.000000697. The first-order valence-electron chi connectivity index (χ1n) is 40.5. The van der Waals surface area contributed by atoms with E-state index in [1.807, 2.05) is 153 Å². The van der Waals surface area contributed by atoms with Crippen LogP contribution < -0.4 is 37.9 Å². The van der Waals surface area contributed by atoms with Gasteiger partial charge in [0.05, 0.1) is 213 Å². The number of hydrogen-bond acceptors (Lipinski definition) is 26. The molecule has 0 spiro atoms. The normalized spacial score (nSPS) is 10.8. The second-order valence-electron chi connectivity index (χ2n) is 25.9. The maximum absolute atomic E-state index is 11.4. The van der Waals surface area contributed by atoms with Gasteiger partial charge in [-0.05, 0) is 188 Å². The van der Waals surface area contributed by atoms with Gasteiger partial charge in [-0.15, -0.1) is 0 Å². The number of esters is 1. The van der Waals surface area contributed by atoms with Crippen molar-refractivity contribution >= 4 is 5.97 Å². The van der Waals surface area contributed by atoms with E-state index in [0.29, 0.717) is 137 Å². The SMILES string of the molecule is COCC(C)OCc1ccc(OC)cc1.COCCOC(=O)c1ccc(OC)cc1.COCCOC(C)c1ccc(OC)cc1.COCCOCCCc1ccc(OC)cc1.COCCOCCOCc1ccc(OC)cc1.COCCOCCc1ccc(OC)cc1.COCCOCCc1cccc(OC)c1.COCCOCc1ccc(OC)cc1. The number of carbonyl (C=O) groups excluding carboxylic acids is 1. The van der Waals surface area contributed by atoms with Gasteiger partial charge in [0.1, 0.15) is 52.6 Å². The largest absolute Gasteiger partial charge is 0.497 e. The van der Waals surface area contributed by atoms with E-state index in [1.54, 1.807) is 138 Å². The van der Waals surface area contributed by atoms with E-state index in [9.17, 15) is 4.79 Å². The van der Waals surface area contributed by atoms with E-state index in [1.165, 1.54) is 16.7 Å². The van der Waals surface area contributed by atoms with Crippen LogP contribution in [0.3, 0.4) is 0 Å². The Morgan fingerprint density at radius 1 is 0.254 bits per heavy atom. The number of hydrogen-bond donors (Lipinski definition) is 0. The summed E-state index contributed by atoms with van der Waals surface area (Å²) in [6, 6.07) is 62.4. The van der Waals surface area contributed by atoms with Crippen molar-refractivity contribution in [3.8, 4) is 46.0 Å². The standard InChI is InChI=1S/C13H20O4.C13H20O3.4C12H18O3.C11H14O4.C11H16O3/c1-14-7-8-16-9-10-17-11-12-3-5-13(15-2)6-4-12;1-14-10-11-16-9-3-4-12-5-7-13(15-2)8-6-12;1-10(8-13-2)15-9-11-4-6-12(14-3)7-5-11;1-10(15-9-8-13-2)11-4-6-12(14-3)7-5-11;1-13-9-10-15-8-7-11-3-5-12(14-2)6-4-11;1-13-8-9-15-7-6-11-4-3-5-12(10-11)14-2;1-13-7-8-15-11(12)9-3-5-10(14-2)6-4-9;1-12-7-8-14-9-10-3-5-11(13-2)6-4-10/h3-6H,7-11H2,1-2H3;5-8H,3-4,9-11H2,1-2H3;2*4-7,10H,8-9H2,1-3H3;3-6H,7-10H2,1-2H3;3-5,10H,6-9H2,1-2H3;3-6H,7-8H2,1-2H3;3-6H,7-9H2,1-2H3. The molecule has 8 aromatic rings. The van der Waals surface area contributed by atoms with Crippen molar-refractivity contribution in [1.29, 1.82) is 0 Å². The van der Waals surface area contributed by atoms with E-state index in [-0.39, 0.29) is 24.8 Å². The van der Waals surface area contributed by atoms with Gasteiger partial charge in [-0.1, -0.05) is 84.9 Å². The molecule has 0 saturated carbocycles. The molecule has 0 fully saturated rings.